The van der Waals surface area contributed by atoms with E-state index in [1.54, 1.807) is 0 Å². The summed E-state index contributed by atoms with van der Waals surface area (Å²) >= 11 is 0. The summed E-state index contributed by atoms with van der Waals surface area (Å²) in [4.78, 5) is 0. The fourth-order valence-corrected chi connectivity index (χ4v) is 3.36. The van der Waals surface area contributed by atoms with Crippen molar-refractivity contribution in [2.45, 2.75) is 43.6 Å². The summed E-state index contributed by atoms with van der Waals surface area (Å²) in [5.41, 5.74) is 0. The van der Waals surface area contributed by atoms with Crippen LogP contribution in [-0.4, -0.2) is 34.5 Å². The number of hydrogen-bond donors (Lipinski definition) is 3. The van der Waals surface area contributed by atoms with Crippen molar-refractivity contribution in [2.24, 2.45) is 11.8 Å². The van der Waals surface area contributed by atoms with Gasteiger partial charge in [-0.25, -0.2) is 0 Å². The van der Waals surface area contributed by atoms with Gasteiger partial charge in [-0.2, -0.15) is 0 Å². The first kappa shape index (κ1) is 7.30. The largest absolute Gasteiger partial charge is 0.391 e. The maximum Gasteiger partial charge on any atom is 0.0747 e. The molecule has 0 aromatic heterocycles. The summed E-state index contributed by atoms with van der Waals surface area (Å²) in [5, 5.41) is 22.9. The normalized spacial score (nSPS) is 62.5. The molecule has 4 aliphatic rings. The van der Waals surface area contributed by atoms with Crippen LogP contribution in [0, 0.1) is 11.8 Å². The lowest BCUT2D eigenvalue weighted by Crippen LogP contribution is -2.69. The minimum Gasteiger partial charge on any atom is -0.391 e. The van der Waals surface area contributed by atoms with E-state index in [4.69, 9.17) is 0 Å². The lowest BCUT2D eigenvalue weighted by Gasteiger charge is -2.55. The van der Waals surface area contributed by atoms with Crippen LogP contribution < -0.4 is 5.32 Å². The molecule has 4 unspecified atom stereocenters. The van der Waals surface area contributed by atoms with E-state index in [0.717, 1.165) is 19.3 Å². The molecule has 2 aliphatic carbocycles. The fraction of sp³-hybridized carbons (Fsp3) is 1.00. The van der Waals surface area contributed by atoms with E-state index >= 15 is 0 Å². The fourth-order valence-electron chi connectivity index (χ4n) is 3.36. The lowest BCUT2D eigenvalue weighted by atomic mass is 9.62. The van der Waals surface area contributed by atoms with Gasteiger partial charge in [0.25, 0.3) is 0 Å². The minimum atomic E-state index is -0.298. The SMILES string of the molecule is OC1C2CC3CC(C2)C(O)C1N3. The molecule has 4 fully saturated rings. The molecule has 4 bridgehead atoms. The third-order valence-electron chi connectivity index (χ3n) is 3.91. The van der Waals surface area contributed by atoms with Crippen LogP contribution in [0.5, 0.6) is 0 Å². The second-order valence-electron chi connectivity index (χ2n) is 4.60. The Bertz CT molecular complexity index is 191. The minimum absolute atomic E-state index is 0.0266. The smallest absolute Gasteiger partial charge is 0.0747 e. The molecular weight excluding hydrogens is 154 g/mol. The van der Waals surface area contributed by atoms with Crippen molar-refractivity contribution in [1.82, 2.24) is 5.32 Å². The highest BCUT2D eigenvalue weighted by atomic mass is 16.3. The second-order valence-corrected chi connectivity index (χ2v) is 4.60. The maximum absolute atomic E-state index is 9.77. The summed E-state index contributed by atoms with van der Waals surface area (Å²) in [7, 11) is 0. The molecule has 2 saturated heterocycles. The van der Waals surface area contributed by atoms with E-state index in [0.29, 0.717) is 17.9 Å². The van der Waals surface area contributed by atoms with Crippen LogP contribution in [-0.2, 0) is 0 Å². The van der Waals surface area contributed by atoms with Gasteiger partial charge in [-0.1, -0.05) is 0 Å². The van der Waals surface area contributed by atoms with Gasteiger partial charge in [-0.3, -0.25) is 0 Å². The van der Waals surface area contributed by atoms with Crippen molar-refractivity contribution in [3.05, 3.63) is 0 Å². The summed E-state index contributed by atoms with van der Waals surface area (Å²) < 4.78 is 0. The van der Waals surface area contributed by atoms with Gasteiger partial charge in [0.15, 0.2) is 0 Å². The Morgan fingerprint density at radius 1 is 0.917 bits per heavy atom. The van der Waals surface area contributed by atoms with E-state index in [1.165, 1.54) is 0 Å². The van der Waals surface area contributed by atoms with Crippen molar-refractivity contribution in [1.29, 1.82) is 0 Å². The number of aliphatic hydroxyl groups is 2. The Hall–Kier alpha value is -0.120. The standard InChI is InChI=1S/C9H15NO2/c11-8-4-1-5-3-6(2-4)10-7(8)9(5)12/h4-12H,1-3H2. The zero-order chi connectivity index (χ0) is 8.29. The van der Waals surface area contributed by atoms with Crippen LogP contribution >= 0.6 is 0 Å². The van der Waals surface area contributed by atoms with Crippen molar-refractivity contribution in [2.75, 3.05) is 0 Å². The number of rotatable bonds is 0. The average molecular weight is 169 g/mol. The van der Waals surface area contributed by atoms with Crippen LogP contribution in [0.3, 0.4) is 0 Å². The highest BCUT2D eigenvalue weighted by molar-refractivity contribution is 5.07. The molecule has 0 spiro atoms. The molecule has 0 amide bonds. The predicted octanol–water partition coefficient (Wildman–Crippen LogP) is -0.522. The molecule has 2 saturated carbocycles. The molecule has 68 valence electrons. The Morgan fingerprint density at radius 3 is 2.08 bits per heavy atom. The van der Waals surface area contributed by atoms with Gasteiger partial charge in [0.1, 0.15) is 0 Å². The Morgan fingerprint density at radius 2 is 1.50 bits per heavy atom. The maximum atomic E-state index is 9.77. The highest BCUT2D eigenvalue weighted by Crippen LogP contribution is 2.44. The van der Waals surface area contributed by atoms with E-state index in [1.807, 2.05) is 0 Å². The van der Waals surface area contributed by atoms with Crippen molar-refractivity contribution < 1.29 is 10.2 Å². The molecular formula is C9H15NO2. The number of nitrogens with one attached hydrogen (secondary N) is 1. The quantitative estimate of drug-likeness (QED) is 0.457. The van der Waals surface area contributed by atoms with Gasteiger partial charge in [-0.05, 0) is 31.1 Å². The topological polar surface area (TPSA) is 52.5 Å². The van der Waals surface area contributed by atoms with Crippen LogP contribution in [0.2, 0.25) is 0 Å². The Labute approximate surface area is 71.8 Å². The third kappa shape index (κ3) is 0.767. The highest BCUT2D eigenvalue weighted by Gasteiger charge is 2.52. The molecule has 2 heterocycles. The predicted molar refractivity (Wildman–Crippen MR) is 43.6 cm³/mol. The Balaban J connectivity index is 1.93. The molecule has 3 heteroatoms. The second kappa shape index (κ2) is 2.22. The molecule has 4 rings (SSSR count). The van der Waals surface area contributed by atoms with Crippen molar-refractivity contribution in [3.8, 4) is 0 Å². The molecule has 3 nitrogen and oxygen atoms in total. The van der Waals surface area contributed by atoms with Gasteiger partial charge >= 0.3 is 0 Å². The van der Waals surface area contributed by atoms with Crippen molar-refractivity contribution in [3.63, 3.8) is 0 Å². The molecule has 4 atom stereocenters. The zero-order valence-electron chi connectivity index (χ0n) is 6.98. The summed E-state index contributed by atoms with van der Waals surface area (Å²) in [6.45, 7) is 0. The first-order valence-electron chi connectivity index (χ1n) is 4.88. The van der Waals surface area contributed by atoms with E-state index < -0.39 is 0 Å². The third-order valence-corrected chi connectivity index (χ3v) is 3.91. The number of piperidine rings is 2. The Kier molecular flexibility index (Phi) is 1.35. The molecule has 3 N–H and O–H groups in total. The van der Waals surface area contributed by atoms with Gasteiger partial charge in [0, 0.05) is 6.04 Å². The summed E-state index contributed by atoms with van der Waals surface area (Å²) in [6, 6.07) is 0.548. The van der Waals surface area contributed by atoms with E-state index in [9.17, 15) is 10.2 Å². The van der Waals surface area contributed by atoms with Gasteiger partial charge in [-0.15, -0.1) is 0 Å². The van der Waals surface area contributed by atoms with Crippen molar-refractivity contribution >= 4 is 0 Å². The van der Waals surface area contributed by atoms with Gasteiger partial charge in [0.05, 0.1) is 18.2 Å². The monoisotopic (exact) mass is 169 g/mol. The average Bonchev–Trinajstić information content (AvgIpc) is 2.07. The van der Waals surface area contributed by atoms with Crippen LogP contribution in [0.1, 0.15) is 19.3 Å². The van der Waals surface area contributed by atoms with E-state index in [-0.39, 0.29) is 18.2 Å². The van der Waals surface area contributed by atoms with Gasteiger partial charge < -0.3 is 15.5 Å². The first-order chi connectivity index (χ1) is 5.75. The lowest BCUT2D eigenvalue weighted by molar-refractivity contribution is -0.129. The van der Waals surface area contributed by atoms with Gasteiger partial charge in [0.2, 0.25) is 0 Å². The van der Waals surface area contributed by atoms with E-state index in [2.05, 4.69) is 5.32 Å². The number of aliphatic hydroxyl groups excluding tert-OH is 2. The molecule has 2 aliphatic heterocycles. The van der Waals surface area contributed by atoms with Crippen LogP contribution in [0.4, 0.5) is 0 Å². The summed E-state index contributed by atoms with van der Waals surface area (Å²) in [5.74, 6) is 0.923. The molecule has 0 aromatic carbocycles. The van der Waals surface area contributed by atoms with Crippen LogP contribution in [0.15, 0.2) is 0 Å². The summed E-state index contributed by atoms with van der Waals surface area (Å²) in [6.07, 6.45) is 2.67. The zero-order valence-corrected chi connectivity index (χ0v) is 6.98. The van der Waals surface area contributed by atoms with Crippen LogP contribution in [0.25, 0.3) is 0 Å². The molecule has 0 radical (unpaired) electrons. The molecule has 12 heavy (non-hydrogen) atoms. The first-order valence-corrected chi connectivity index (χ1v) is 4.88. The number of hydrogen-bond acceptors (Lipinski definition) is 3. The molecule has 0 aromatic rings.